The van der Waals surface area contributed by atoms with E-state index in [1.807, 2.05) is 11.8 Å². The van der Waals surface area contributed by atoms with Crippen molar-refractivity contribution in [2.75, 3.05) is 17.6 Å². The summed E-state index contributed by atoms with van der Waals surface area (Å²) in [6, 6.07) is 17.2. The number of anilines is 1. The number of aryl methyl sites for hydroxylation is 2. The highest BCUT2D eigenvalue weighted by Crippen LogP contribution is 2.18. The molecule has 0 radical (unpaired) electrons. The second-order valence-corrected chi connectivity index (χ2v) is 5.62. The predicted molar refractivity (Wildman–Crippen MR) is 81.6 cm³/mol. The van der Waals surface area contributed by atoms with Crippen LogP contribution < -0.4 is 5.32 Å². The van der Waals surface area contributed by atoms with Crippen molar-refractivity contribution in [2.45, 2.75) is 18.7 Å². The molecular weight excluding hydrogens is 238 g/mol. The lowest BCUT2D eigenvalue weighted by Gasteiger charge is -2.06. The Labute approximate surface area is 114 Å². The van der Waals surface area contributed by atoms with Crippen molar-refractivity contribution in [3.8, 4) is 0 Å². The molecule has 0 aliphatic heterocycles. The second-order valence-electron chi connectivity index (χ2n) is 4.45. The summed E-state index contributed by atoms with van der Waals surface area (Å²) in [4.78, 5) is 1.34. The highest BCUT2D eigenvalue weighted by atomic mass is 32.2. The normalized spacial score (nSPS) is 10.3. The predicted octanol–water partition coefficient (Wildman–Crippen LogP) is 4.51. The summed E-state index contributed by atoms with van der Waals surface area (Å²) in [5.74, 6) is 1.08. The largest absolute Gasteiger partial charge is 0.384 e. The van der Waals surface area contributed by atoms with Crippen molar-refractivity contribution in [2.24, 2.45) is 0 Å². The van der Waals surface area contributed by atoms with Crippen LogP contribution in [0.4, 0.5) is 5.69 Å². The number of hydrogen-bond donors (Lipinski definition) is 1. The standard InChI is InChI=1S/C16H19NS/c1-13-3-7-15(8-4-13)17-11-12-18-16-9-5-14(2)6-10-16/h3-10,17H,11-12H2,1-2H3. The first-order valence-electron chi connectivity index (χ1n) is 6.24. The lowest BCUT2D eigenvalue weighted by Crippen LogP contribution is -2.03. The Balaban J connectivity index is 1.73. The van der Waals surface area contributed by atoms with Gasteiger partial charge in [0.15, 0.2) is 0 Å². The Morgan fingerprint density at radius 1 is 0.833 bits per heavy atom. The summed E-state index contributed by atoms with van der Waals surface area (Å²) in [6.45, 7) is 5.21. The van der Waals surface area contributed by atoms with Crippen LogP contribution in [0.15, 0.2) is 53.4 Å². The van der Waals surface area contributed by atoms with Gasteiger partial charge in [0.05, 0.1) is 0 Å². The van der Waals surface area contributed by atoms with Gasteiger partial charge in [0.25, 0.3) is 0 Å². The van der Waals surface area contributed by atoms with Crippen LogP contribution in [0.25, 0.3) is 0 Å². The summed E-state index contributed by atoms with van der Waals surface area (Å²) < 4.78 is 0. The summed E-state index contributed by atoms with van der Waals surface area (Å²) in [7, 11) is 0. The summed E-state index contributed by atoms with van der Waals surface area (Å²) in [5.41, 5.74) is 3.82. The summed E-state index contributed by atoms with van der Waals surface area (Å²) in [6.07, 6.45) is 0. The van der Waals surface area contributed by atoms with Crippen LogP contribution in [0.1, 0.15) is 11.1 Å². The van der Waals surface area contributed by atoms with Crippen molar-refractivity contribution in [1.29, 1.82) is 0 Å². The van der Waals surface area contributed by atoms with Crippen LogP contribution in [0.5, 0.6) is 0 Å². The zero-order valence-corrected chi connectivity index (χ0v) is 11.8. The van der Waals surface area contributed by atoms with Gasteiger partial charge in [-0.05, 0) is 38.1 Å². The van der Waals surface area contributed by atoms with Crippen molar-refractivity contribution < 1.29 is 0 Å². The molecule has 2 aromatic carbocycles. The first-order chi connectivity index (χ1) is 8.74. The van der Waals surface area contributed by atoms with Gasteiger partial charge in [-0.25, -0.2) is 0 Å². The molecule has 0 heterocycles. The molecule has 2 heteroatoms. The monoisotopic (exact) mass is 257 g/mol. The maximum atomic E-state index is 3.43. The molecule has 0 aliphatic carbocycles. The van der Waals surface area contributed by atoms with E-state index in [4.69, 9.17) is 0 Å². The SMILES string of the molecule is Cc1ccc(NCCSc2ccc(C)cc2)cc1. The van der Waals surface area contributed by atoms with Crippen molar-refractivity contribution >= 4 is 17.4 Å². The van der Waals surface area contributed by atoms with E-state index in [-0.39, 0.29) is 0 Å². The molecule has 94 valence electrons. The van der Waals surface area contributed by atoms with Crippen LogP contribution in [-0.2, 0) is 0 Å². The molecule has 0 saturated heterocycles. The van der Waals surface area contributed by atoms with E-state index in [1.54, 1.807) is 0 Å². The van der Waals surface area contributed by atoms with Gasteiger partial charge in [-0.2, -0.15) is 0 Å². The molecule has 0 fully saturated rings. The Morgan fingerprint density at radius 3 is 2.00 bits per heavy atom. The van der Waals surface area contributed by atoms with Gasteiger partial charge in [-0.1, -0.05) is 35.4 Å². The first kappa shape index (κ1) is 13.0. The fraction of sp³-hybridized carbons (Fsp3) is 0.250. The summed E-state index contributed by atoms with van der Waals surface area (Å²) in [5, 5.41) is 3.43. The number of nitrogens with one attached hydrogen (secondary N) is 1. The number of thioether (sulfide) groups is 1. The topological polar surface area (TPSA) is 12.0 Å². The van der Waals surface area contributed by atoms with Crippen molar-refractivity contribution in [3.05, 3.63) is 59.7 Å². The van der Waals surface area contributed by atoms with Crippen molar-refractivity contribution in [3.63, 3.8) is 0 Å². The van der Waals surface area contributed by atoms with Gasteiger partial charge < -0.3 is 5.32 Å². The molecule has 18 heavy (non-hydrogen) atoms. The van der Waals surface area contributed by atoms with E-state index >= 15 is 0 Å². The van der Waals surface area contributed by atoms with Crippen LogP contribution in [0, 0.1) is 13.8 Å². The molecule has 0 bridgehead atoms. The molecule has 0 aromatic heterocycles. The average Bonchev–Trinajstić information content (AvgIpc) is 2.39. The zero-order chi connectivity index (χ0) is 12.8. The maximum absolute atomic E-state index is 3.43. The average molecular weight is 257 g/mol. The number of benzene rings is 2. The van der Waals surface area contributed by atoms with Crippen LogP contribution in [0.2, 0.25) is 0 Å². The van der Waals surface area contributed by atoms with E-state index in [0.29, 0.717) is 0 Å². The minimum Gasteiger partial charge on any atom is -0.384 e. The third kappa shape index (κ3) is 4.11. The van der Waals surface area contributed by atoms with Crippen molar-refractivity contribution in [1.82, 2.24) is 0 Å². The quantitative estimate of drug-likeness (QED) is 0.625. The van der Waals surface area contributed by atoms with E-state index in [1.165, 1.54) is 21.7 Å². The van der Waals surface area contributed by atoms with Gasteiger partial charge in [-0.3, -0.25) is 0 Å². The third-order valence-electron chi connectivity index (χ3n) is 2.77. The lowest BCUT2D eigenvalue weighted by atomic mass is 10.2. The molecule has 2 rings (SSSR count). The molecule has 0 atom stereocenters. The molecular formula is C16H19NS. The molecule has 0 spiro atoms. The fourth-order valence-electron chi connectivity index (χ4n) is 1.67. The van der Waals surface area contributed by atoms with Crippen LogP contribution in [0.3, 0.4) is 0 Å². The first-order valence-corrected chi connectivity index (χ1v) is 7.22. The van der Waals surface area contributed by atoms with Gasteiger partial charge in [0.1, 0.15) is 0 Å². The molecule has 1 N–H and O–H groups in total. The third-order valence-corrected chi connectivity index (χ3v) is 3.79. The van der Waals surface area contributed by atoms with E-state index in [2.05, 4.69) is 67.7 Å². The highest BCUT2D eigenvalue weighted by molar-refractivity contribution is 7.99. The number of rotatable bonds is 5. The molecule has 0 saturated carbocycles. The molecule has 0 unspecified atom stereocenters. The second kappa shape index (κ2) is 6.50. The van der Waals surface area contributed by atoms with Crippen LogP contribution in [-0.4, -0.2) is 12.3 Å². The Kier molecular flexibility index (Phi) is 4.71. The maximum Gasteiger partial charge on any atom is 0.0340 e. The van der Waals surface area contributed by atoms with E-state index < -0.39 is 0 Å². The molecule has 0 amide bonds. The smallest absolute Gasteiger partial charge is 0.0340 e. The van der Waals surface area contributed by atoms with E-state index in [9.17, 15) is 0 Å². The van der Waals surface area contributed by atoms with E-state index in [0.717, 1.165) is 12.3 Å². The Hall–Kier alpha value is -1.41. The van der Waals surface area contributed by atoms with Crippen LogP contribution >= 0.6 is 11.8 Å². The summed E-state index contributed by atoms with van der Waals surface area (Å²) >= 11 is 1.89. The Morgan fingerprint density at radius 2 is 1.39 bits per heavy atom. The lowest BCUT2D eigenvalue weighted by molar-refractivity contribution is 1.22. The van der Waals surface area contributed by atoms with Gasteiger partial charge in [0.2, 0.25) is 0 Å². The van der Waals surface area contributed by atoms with Gasteiger partial charge in [-0.15, -0.1) is 11.8 Å². The minimum atomic E-state index is 0.988. The minimum absolute atomic E-state index is 0.988. The fourth-order valence-corrected chi connectivity index (χ4v) is 2.44. The molecule has 1 nitrogen and oxygen atoms in total. The zero-order valence-electron chi connectivity index (χ0n) is 10.9. The molecule has 2 aromatic rings. The number of hydrogen-bond acceptors (Lipinski definition) is 2. The van der Waals surface area contributed by atoms with Gasteiger partial charge in [0, 0.05) is 22.9 Å². The van der Waals surface area contributed by atoms with Gasteiger partial charge >= 0.3 is 0 Å². The highest BCUT2D eigenvalue weighted by Gasteiger charge is 1.94. The Bertz CT molecular complexity index is 426. The molecule has 0 aliphatic rings.